The Labute approximate surface area is 169 Å². The van der Waals surface area contributed by atoms with E-state index >= 15 is 0 Å². The van der Waals surface area contributed by atoms with Gasteiger partial charge in [-0.3, -0.25) is 0 Å². The summed E-state index contributed by atoms with van der Waals surface area (Å²) in [6.45, 7) is 0. The molecule has 5 aromatic rings. The van der Waals surface area contributed by atoms with Gasteiger partial charge in [0.25, 0.3) is 11.4 Å². The Balaban J connectivity index is 1.89. The fraction of sp³-hybridized carbons (Fsp3) is 0. The number of hydrogen-bond acceptors (Lipinski definition) is 1. The maximum atomic E-state index is 6.55. The van der Waals surface area contributed by atoms with Crippen molar-refractivity contribution in [1.82, 2.24) is 0 Å². The van der Waals surface area contributed by atoms with Crippen LogP contribution in [0.5, 0.6) is 0 Å². The summed E-state index contributed by atoms with van der Waals surface area (Å²) < 4.78 is 10.8. The number of nitrogens with zero attached hydrogens (tertiary/aromatic N) is 2. The monoisotopic (exact) mass is 376 g/mol. The van der Waals surface area contributed by atoms with Crippen LogP contribution in [-0.4, -0.2) is 0 Å². The SMILES string of the molecule is c1ccc(-c2oc(-c3ccccc3)[n+](-c3ccccc3)[n+]2-c2ccccc2)cc1. The van der Waals surface area contributed by atoms with E-state index in [9.17, 15) is 0 Å². The molecule has 0 saturated carbocycles. The molecule has 3 nitrogen and oxygen atoms in total. The Kier molecular flexibility index (Phi) is 4.47. The molecule has 0 N–H and O–H groups in total. The van der Waals surface area contributed by atoms with Crippen LogP contribution in [0.2, 0.25) is 0 Å². The molecule has 0 unspecified atom stereocenters. The van der Waals surface area contributed by atoms with Gasteiger partial charge >= 0.3 is 11.8 Å². The Morgan fingerprint density at radius 2 is 0.690 bits per heavy atom. The normalized spacial score (nSPS) is 10.8. The summed E-state index contributed by atoms with van der Waals surface area (Å²) in [7, 11) is 0. The fourth-order valence-corrected chi connectivity index (χ4v) is 3.49. The molecule has 0 bridgehead atoms. The first-order valence-electron chi connectivity index (χ1n) is 9.65. The molecule has 0 spiro atoms. The first-order chi connectivity index (χ1) is 14.4. The van der Waals surface area contributed by atoms with Crippen LogP contribution >= 0.6 is 0 Å². The molecule has 0 aliphatic heterocycles. The Bertz CT molecular complexity index is 1120. The molecule has 0 fully saturated rings. The molecule has 0 radical (unpaired) electrons. The molecule has 1 aromatic heterocycles. The van der Waals surface area contributed by atoms with Gasteiger partial charge in [0.1, 0.15) is 9.36 Å². The number of aromatic nitrogens is 2. The molecule has 29 heavy (non-hydrogen) atoms. The van der Waals surface area contributed by atoms with E-state index < -0.39 is 0 Å². The van der Waals surface area contributed by atoms with E-state index in [1.807, 2.05) is 72.8 Å². The third-order valence-electron chi connectivity index (χ3n) is 4.82. The van der Waals surface area contributed by atoms with Gasteiger partial charge in [0.2, 0.25) is 0 Å². The number of hydrogen-bond donors (Lipinski definition) is 0. The summed E-state index contributed by atoms with van der Waals surface area (Å²) in [4.78, 5) is 0. The Morgan fingerprint density at radius 3 is 1.03 bits per heavy atom. The predicted molar refractivity (Wildman–Crippen MR) is 113 cm³/mol. The summed E-state index contributed by atoms with van der Waals surface area (Å²) in [5.41, 5.74) is 4.09. The minimum absolute atomic E-state index is 0.777. The maximum absolute atomic E-state index is 6.55. The van der Waals surface area contributed by atoms with Crippen molar-refractivity contribution < 1.29 is 13.8 Å². The van der Waals surface area contributed by atoms with E-state index in [0.29, 0.717) is 0 Å². The lowest BCUT2D eigenvalue weighted by Crippen LogP contribution is -2.63. The third kappa shape index (κ3) is 3.23. The van der Waals surface area contributed by atoms with Crippen LogP contribution in [0.25, 0.3) is 34.3 Å². The fourth-order valence-electron chi connectivity index (χ4n) is 3.49. The van der Waals surface area contributed by atoms with Crippen molar-refractivity contribution in [2.45, 2.75) is 0 Å². The first kappa shape index (κ1) is 17.1. The van der Waals surface area contributed by atoms with E-state index in [4.69, 9.17) is 4.42 Å². The van der Waals surface area contributed by atoms with Crippen molar-refractivity contribution in [3.05, 3.63) is 121 Å². The van der Waals surface area contributed by atoms with Gasteiger partial charge in [-0.05, 0) is 24.3 Å². The van der Waals surface area contributed by atoms with E-state index in [2.05, 4.69) is 57.9 Å². The lowest BCUT2D eigenvalue weighted by Gasteiger charge is -1.95. The average Bonchev–Trinajstić information content (AvgIpc) is 3.22. The molecule has 5 rings (SSSR count). The van der Waals surface area contributed by atoms with Crippen molar-refractivity contribution in [3.63, 3.8) is 0 Å². The largest absolute Gasteiger partial charge is 0.452 e. The lowest BCUT2D eigenvalue weighted by molar-refractivity contribution is -1.16. The van der Waals surface area contributed by atoms with Crippen LogP contribution in [0.15, 0.2) is 126 Å². The summed E-state index contributed by atoms with van der Waals surface area (Å²) in [5.74, 6) is 1.55. The second-order valence-corrected chi connectivity index (χ2v) is 6.74. The smallest absolute Gasteiger partial charge is 0.338 e. The van der Waals surface area contributed by atoms with Crippen LogP contribution in [0.4, 0.5) is 0 Å². The van der Waals surface area contributed by atoms with Crippen molar-refractivity contribution in [2.24, 2.45) is 0 Å². The molecular formula is C26H20N2O+2. The summed E-state index contributed by atoms with van der Waals surface area (Å²) in [6.07, 6.45) is 0. The lowest BCUT2D eigenvalue weighted by atomic mass is 10.2. The standard InChI is InChI=1S/C26H20N2O/c1-5-13-21(14-6-1)25-27(23-17-9-3-10-18-23)28(24-19-11-4-12-20-24)26(29-25)22-15-7-2-8-16-22/h1-20H/q+2. The van der Waals surface area contributed by atoms with Crippen LogP contribution in [0.3, 0.4) is 0 Å². The summed E-state index contributed by atoms with van der Waals surface area (Å²) in [5, 5.41) is 0. The van der Waals surface area contributed by atoms with Crippen molar-refractivity contribution in [2.75, 3.05) is 0 Å². The molecular weight excluding hydrogens is 356 g/mol. The molecule has 0 saturated heterocycles. The van der Waals surface area contributed by atoms with Gasteiger partial charge < -0.3 is 4.42 Å². The second-order valence-electron chi connectivity index (χ2n) is 6.74. The predicted octanol–water partition coefficient (Wildman–Crippen LogP) is 5.17. The molecule has 138 valence electrons. The molecule has 0 aliphatic carbocycles. The molecule has 3 heteroatoms. The second kappa shape index (κ2) is 7.56. The van der Waals surface area contributed by atoms with E-state index in [1.165, 1.54) is 0 Å². The molecule has 1 heterocycles. The van der Waals surface area contributed by atoms with Crippen LogP contribution in [0.1, 0.15) is 0 Å². The summed E-state index contributed by atoms with van der Waals surface area (Å²) >= 11 is 0. The van der Waals surface area contributed by atoms with E-state index in [1.54, 1.807) is 0 Å². The maximum Gasteiger partial charge on any atom is 0.452 e. The highest BCUT2D eigenvalue weighted by Gasteiger charge is 2.41. The topological polar surface area (TPSA) is 20.9 Å². The zero-order valence-electron chi connectivity index (χ0n) is 15.8. The van der Waals surface area contributed by atoms with Gasteiger partial charge in [-0.1, -0.05) is 72.8 Å². The van der Waals surface area contributed by atoms with Gasteiger partial charge in [0.15, 0.2) is 0 Å². The van der Waals surface area contributed by atoms with E-state index in [0.717, 1.165) is 34.3 Å². The van der Waals surface area contributed by atoms with Crippen molar-refractivity contribution >= 4 is 0 Å². The zero-order valence-corrected chi connectivity index (χ0v) is 15.8. The molecule has 0 atom stereocenters. The first-order valence-corrected chi connectivity index (χ1v) is 9.65. The highest BCUT2D eigenvalue weighted by molar-refractivity contribution is 5.55. The van der Waals surface area contributed by atoms with Gasteiger partial charge in [-0.25, -0.2) is 0 Å². The Hall–Kier alpha value is -3.98. The quantitative estimate of drug-likeness (QED) is 0.397. The molecule has 0 aliphatic rings. The van der Waals surface area contributed by atoms with Gasteiger partial charge in [0.05, 0.1) is 11.1 Å². The van der Waals surface area contributed by atoms with Crippen LogP contribution in [-0.2, 0) is 0 Å². The van der Waals surface area contributed by atoms with Crippen LogP contribution < -0.4 is 9.36 Å². The number of para-hydroxylation sites is 2. The Morgan fingerprint density at radius 1 is 0.379 bits per heavy atom. The van der Waals surface area contributed by atoms with E-state index in [-0.39, 0.29) is 0 Å². The van der Waals surface area contributed by atoms with Gasteiger partial charge in [-0.2, -0.15) is 0 Å². The van der Waals surface area contributed by atoms with Crippen molar-refractivity contribution in [1.29, 1.82) is 0 Å². The van der Waals surface area contributed by atoms with Crippen LogP contribution in [0, 0.1) is 0 Å². The molecule has 0 amide bonds. The number of benzene rings is 4. The highest BCUT2D eigenvalue weighted by atomic mass is 16.4. The minimum Gasteiger partial charge on any atom is -0.338 e. The zero-order chi connectivity index (χ0) is 19.5. The van der Waals surface area contributed by atoms with Gasteiger partial charge in [0, 0.05) is 24.3 Å². The average molecular weight is 376 g/mol. The molecule has 4 aromatic carbocycles. The summed E-state index contributed by atoms with van der Waals surface area (Å²) in [6, 6.07) is 41.0. The third-order valence-corrected chi connectivity index (χ3v) is 4.82. The highest BCUT2D eigenvalue weighted by Crippen LogP contribution is 2.24. The number of rotatable bonds is 4. The van der Waals surface area contributed by atoms with Crippen molar-refractivity contribution in [3.8, 4) is 34.3 Å². The minimum atomic E-state index is 0.777. The van der Waals surface area contributed by atoms with Gasteiger partial charge in [-0.15, -0.1) is 0 Å².